The predicted molar refractivity (Wildman–Crippen MR) is 63.6 cm³/mol. The number of nitrogens with two attached hydrogens (primary N) is 1. The van der Waals surface area contributed by atoms with Crippen LogP contribution in [-0.2, 0) is 4.74 Å². The fourth-order valence-corrected chi connectivity index (χ4v) is 2.29. The Bertz CT molecular complexity index is 570. The van der Waals surface area contributed by atoms with Crippen LogP contribution in [0.25, 0.3) is 11.0 Å². The van der Waals surface area contributed by atoms with Gasteiger partial charge in [0.15, 0.2) is 6.23 Å². The normalized spacial score (nSPS) is 28.0. The average Bonchev–Trinajstić information content (AvgIpc) is 2.93. The van der Waals surface area contributed by atoms with Crippen LogP contribution in [0.1, 0.15) is 12.6 Å². The number of hydrogen-bond acceptors (Lipinski definition) is 6. The summed E-state index contributed by atoms with van der Waals surface area (Å²) in [5.74, 6) is 0.393. The molecule has 7 heteroatoms. The molecule has 0 spiro atoms. The first kappa shape index (κ1) is 11.4. The Morgan fingerprint density at radius 1 is 1.50 bits per heavy atom. The Labute approximate surface area is 103 Å². The van der Waals surface area contributed by atoms with Crippen LogP contribution < -0.4 is 5.73 Å². The van der Waals surface area contributed by atoms with Crippen LogP contribution in [0, 0.1) is 0 Å². The van der Waals surface area contributed by atoms with E-state index in [4.69, 9.17) is 15.6 Å². The van der Waals surface area contributed by atoms with Gasteiger partial charge in [-0.25, -0.2) is 9.97 Å². The summed E-state index contributed by atoms with van der Waals surface area (Å²) in [6, 6.07) is 1.78. The number of fused-ring (bicyclic) bond motifs is 1. The van der Waals surface area contributed by atoms with Gasteiger partial charge in [0.1, 0.15) is 23.9 Å². The van der Waals surface area contributed by atoms with E-state index in [9.17, 15) is 5.11 Å². The highest BCUT2D eigenvalue weighted by Crippen LogP contribution is 2.31. The second kappa shape index (κ2) is 4.20. The summed E-state index contributed by atoms with van der Waals surface area (Å²) >= 11 is 0. The Morgan fingerprint density at radius 2 is 2.33 bits per heavy atom. The van der Waals surface area contributed by atoms with Gasteiger partial charge in [-0.05, 0) is 6.07 Å². The van der Waals surface area contributed by atoms with E-state index in [0.717, 1.165) is 5.39 Å². The lowest BCUT2D eigenvalue weighted by atomic mass is 10.2. The lowest BCUT2D eigenvalue weighted by Gasteiger charge is -2.17. The maximum absolute atomic E-state index is 9.96. The van der Waals surface area contributed by atoms with Crippen molar-refractivity contribution in [3.05, 3.63) is 18.6 Å². The van der Waals surface area contributed by atoms with Crippen LogP contribution in [0.2, 0.25) is 0 Å². The van der Waals surface area contributed by atoms with Gasteiger partial charge in [-0.15, -0.1) is 0 Å². The van der Waals surface area contributed by atoms with Crippen LogP contribution in [-0.4, -0.2) is 43.6 Å². The van der Waals surface area contributed by atoms with Gasteiger partial charge in [-0.3, -0.25) is 0 Å². The molecular weight excluding hydrogens is 236 g/mol. The number of ether oxygens (including phenoxy) is 1. The van der Waals surface area contributed by atoms with Gasteiger partial charge in [-0.1, -0.05) is 0 Å². The second-order valence-corrected chi connectivity index (χ2v) is 4.35. The number of rotatable bonds is 2. The van der Waals surface area contributed by atoms with Crippen molar-refractivity contribution < 1.29 is 14.9 Å². The molecule has 1 aliphatic rings. The van der Waals surface area contributed by atoms with Crippen molar-refractivity contribution in [1.82, 2.24) is 14.5 Å². The third-order valence-corrected chi connectivity index (χ3v) is 3.18. The Balaban J connectivity index is 2.02. The molecular formula is C11H14N4O3. The SMILES string of the molecule is Nc1ncnc2c1ccn2[C@H]1OC(CO)CC1O. The Kier molecular flexibility index (Phi) is 2.66. The zero-order chi connectivity index (χ0) is 12.7. The molecule has 3 rings (SSSR count). The number of aliphatic hydroxyl groups excluding tert-OH is 2. The zero-order valence-corrected chi connectivity index (χ0v) is 9.60. The van der Waals surface area contributed by atoms with Gasteiger partial charge in [0, 0.05) is 12.6 Å². The van der Waals surface area contributed by atoms with Gasteiger partial charge in [0.05, 0.1) is 18.1 Å². The van der Waals surface area contributed by atoms with Gasteiger partial charge < -0.3 is 25.3 Å². The molecule has 0 radical (unpaired) electrons. The number of anilines is 1. The number of aliphatic hydroxyl groups is 2. The van der Waals surface area contributed by atoms with Crippen LogP contribution in [0.3, 0.4) is 0 Å². The average molecular weight is 250 g/mol. The molecule has 1 fully saturated rings. The molecule has 96 valence electrons. The zero-order valence-electron chi connectivity index (χ0n) is 9.60. The Hall–Kier alpha value is -1.70. The van der Waals surface area contributed by atoms with E-state index >= 15 is 0 Å². The maximum atomic E-state index is 9.96. The van der Waals surface area contributed by atoms with E-state index in [1.807, 2.05) is 0 Å². The summed E-state index contributed by atoms with van der Waals surface area (Å²) in [7, 11) is 0. The lowest BCUT2D eigenvalue weighted by Crippen LogP contribution is -2.19. The molecule has 1 saturated heterocycles. The molecule has 3 atom stereocenters. The summed E-state index contributed by atoms with van der Waals surface area (Å²) in [6.07, 6.45) is 1.97. The summed E-state index contributed by atoms with van der Waals surface area (Å²) in [5, 5.41) is 19.7. The summed E-state index contributed by atoms with van der Waals surface area (Å²) in [5.41, 5.74) is 6.36. The van der Waals surface area contributed by atoms with Crippen molar-refractivity contribution in [3.63, 3.8) is 0 Å². The highest BCUT2D eigenvalue weighted by atomic mass is 16.5. The molecule has 1 aliphatic heterocycles. The van der Waals surface area contributed by atoms with E-state index in [0.29, 0.717) is 17.9 Å². The van der Waals surface area contributed by atoms with Gasteiger partial charge >= 0.3 is 0 Å². The quantitative estimate of drug-likeness (QED) is 0.673. The maximum Gasteiger partial charge on any atom is 0.161 e. The van der Waals surface area contributed by atoms with E-state index < -0.39 is 12.3 Å². The molecule has 2 aromatic rings. The fourth-order valence-electron chi connectivity index (χ4n) is 2.29. The summed E-state index contributed by atoms with van der Waals surface area (Å²) < 4.78 is 7.29. The first-order valence-corrected chi connectivity index (χ1v) is 5.72. The number of hydrogen-bond donors (Lipinski definition) is 3. The largest absolute Gasteiger partial charge is 0.394 e. The summed E-state index contributed by atoms with van der Waals surface area (Å²) in [4.78, 5) is 8.06. The standard InChI is InChI=1S/C11H14N4O3/c12-9-7-1-2-15(10(7)14-5-13-9)11-8(17)3-6(4-16)18-11/h1-2,5-6,8,11,16-17H,3-4H2,(H2,12,13,14)/t6?,8?,11-/m0/s1. The molecule has 7 nitrogen and oxygen atoms in total. The number of nitrogen functional groups attached to an aromatic ring is 1. The van der Waals surface area contributed by atoms with Crippen molar-refractivity contribution in [2.75, 3.05) is 12.3 Å². The smallest absolute Gasteiger partial charge is 0.161 e. The van der Waals surface area contributed by atoms with E-state index in [2.05, 4.69) is 9.97 Å². The molecule has 2 unspecified atom stereocenters. The minimum Gasteiger partial charge on any atom is -0.394 e. The molecule has 3 heterocycles. The minimum absolute atomic E-state index is 0.107. The monoisotopic (exact) mass is 250 g/mol. The van der Waals surface area contributed by atoms with Gasteiger partial charge in [-0.2, -0.15) is 0 Å². The van der Waals surface area contributed by atoms with E-state index in [1.54, 1.807) is 16.8 Å². The highest BCUT2D eigenvalue weighted by Gasteiger charge is 2.35. The molecule has 0 saturated carbocycles. The first-order valence-electron chi connectivity index (χ1n) is 5.72. The van der Waals surface area contributed by atoms with Crippen molar-refractivity contribution in [2.24, 2.45) is 0 Å². The fraction of sp³-hybridized carbons (Fsp3) is 0.455. The Morgan fingerprint density at radius 3 is 3.06 bits per heavy atom. The third-order valence-electron chi connectivity index (χ3n) is 3.18. The first-order chi connectivity index (χ1) is 8.70. The second-order valence-electron chi connectivity index (χ2n) is 4.35. The van der Waals surface area contributed by atoms with Crippen LogP contribution in [0.5, 0.6) is 0 Å². The van der Waals surface area contributed by atoms with Crippen LogP contribution in [0.4, 0.5) is 5.82 Å². The van der Waals surface area contributed by atoms with Gasteiger partial charge in [0.2, 0.25) is 0 Å². The van der Waals surface area contributed by atoms with Gasteiger partial charge in [0.25, 0.3) is 0 Å². The minimum atomic E-state index is -0.672. The van der Waals surface area contributed by atoms with E-state index in [-0.39, 0.29) is 12.7 Å². The number of aromatic nitrogens is 3. The van der Waals surface area contributed by atoms with Crippen molar-refractivity contribution in [1.29, 1.82) is 0 Å². The molecule has 18 heavy (non-hydrogen) atoms. The van der Waals surface area contributed by atoms with Crippen molar-refractivity contribution in [2.45, 2.75) is 24.9 Å². The molecule has 0 amide bonds. The van der Waals surface area contributed by atoms with E-state index in [1.165, 1.54) is 6.33 Å². The molecule has 0 aromatic carbocycles. The molecule has 2 aromatic heterocycles. The molecule has 0 aliphatic carbocycles. The van der Waals surface area contributed by atoms with Crippen LogP contribution in [0.15, 0.2) is 18.6 Å². The van der Waals surface area contributed by atoms with Crippen molar-refractivity contribution in [3.8, 4) is 0 Å². The highest BCUT2D eigenvalue weighted by molar-refractivity contribution is 5.86. The molecule has 4 N–H and O–H groups in total. The lowest BCUT2D eigenvalue weighted by molar-refractivity contribution is -0.0484. The number of nitrogens with zero attached hydrogens (tertiary/aromatic N) is 3. The third kappa shape index (κ3) is 1.64. The predicted octanol–water partition coefficient (Wildman–Crippen LogP) is -0.346. The van der Waals surface area contributed by atoms with Crippen molar-refractivity contribution >= 4 is 16.9 Å². The van der Waals surface area contributed by atoms with Crippen LogP contribution >= 0.6 is 0 Å². The molecule has 0 bridgehead atoms. The summed E-state index contributed by atoms with van der Waals surface area (Å²) in [6.45, 7) is -0.107. The topological polar surface area (TPSA) is 106 Å².